The summed E-state index contributed by atoms with van der Waals surface area (Å²) in [6, 6.07) is 11.3. The van der Waals surface area contributed by atoms with Gasteiger partial charge in [-0.15, -0.1) is 0 Å². The van der Waals surface area contributed by atoms with Gasteiger partial charge in [-0.25, -0.2) is 4.98 Å². The predicted molar refractivity (Wildman–Crippen MR) is 119 cm³/mol. The number of fused-ring (bicyclic) bond motifs is 1. The Labute approximate surface area is 177 Å². The molecule has 1 aliphatic heterocycles. The number of rotatable bonds is 7. The lowest BCUT2D eigenvalue weighted by molar-refractivity contribution is 0.262. The third kappa shape index (κ3) is 4.05. The van der Waals surface area contributed by atoms with Crippen molar-refractivity contribution in [2.24, 2.45) is 0 Å². The molecule has 0 spiro atoms. The van der Waals surface area contributed by atoms with Crippen molar-refractivity contribution in [3.63, 3.8) is 0 Å². The van der Waals surface area contributed by atoms with E-state index in [1.807, 2.05) is 50.2 Å². The molecule has 6 nitrogen and oxygen atoms in total. The van der Waals surface area contributed by atoms with Gasteiger partial charge >= 0.3 is 0 Å². The Bertz CT molecular complexity index is 1100. The van der Waals surface area contributed by atoms with Crippen LogP contribution in [0.2, 0.25) is 0 Å². The van der Waals surface area contributed by atoms with E-state index in [9.17, 15) is 4.79 Å². The molecular formula is C24H29N3O3. The summed E-state index contributed by atoms with van der Waals surface area (Å²) in [5.41, 5.74) is 2.21. The lowest BCUT2D eigenvalue weighted by Crippen LogP contribution is -2.23. The minimum atomic E-state index is -0.0896. The molecule has 1 aliphatic rings. The molecule has 2 heterocycles. The Morgan fingerprint density at radius 2 is 1.90 bits per heavy atom. The SMILES string of the molecule is COc1cc(OCCCN2CCCC2)ccc1-n1c(C)nc2cccc(C)c2c1=O. The first-order valence-corrected chi connectivity index (χ1v) is 10.6. The maximum atomic E-state index is 13.3. The predicted octanol–water partition coefficient (Wildman–Crippen LogP) is 3.88. The smallest absolute Gasteiger partial charge is 0.266 e. The van der Waals surface area contributed by atoms with Gasteiger partial charge in [0.25, 0.3) is 5.56 Å². The Balaban J connectivity index is 1.59. The standard InChI is InChI=1S/C24H29N3O3/c1-17-8-6-9-20-23(17)24(28)27(18(2)25-20)21-11-10-19(16-22(21)29-3)30-15-7-14-26-12-4-5-13-26/h6,8-11,16H,4-5,7,12-15H2,1-3H3. The van der Waals surface area contributed by atoms with Gasteiger partial charge in [0, 0.05) is 12.6 Å². The molecule has 3 aromatic rings. The van der Waals surface area contributed by atoms with Crippen LogP contribution >= 0.6 is 0 Å². The molecule has 2 aromatic carbocycles. The summed E-state index contributed by atoms with van der Waals surface area (Å²) >= 11 is 0. The van der Waals surface area contributed by atoms with Crippen LogP contribution in [0.5, 0.6) is 11.5 Å². The Morgan fingerprint density at radius 3 is 2.67 bits per heavy atom. The minimum absolute atomic E-state index is 0.0896. The maximum absolute atomic E-state index is 13.3. The number of hydrogen-bond donors (Lipinski definition) is 0. The highest BCUT2D eigenvalue weighted by Crippen LogP contribution is 2.28. The minimum Gasteiger partial charge on any atom is -0.494 e. The van der Waals surface area contributed by atoms with E-state index in [0.717, 1.165) is 24.3 Å². The molecule has 0 amide bonds. The van der Waals surface area contributed by atoms with Crippen molar-refractivity contribution in [3.8, 4) is 17.2 Å². The average Bonchev–Trinajstić information content (AvgIpc) is 3.25. The quantitative estimate of drug-likeness (QED) is 0.557. The number of aryl methyl sites for hydroxylation is 2. The normalized spacial score (nSPS) is 14.4. The van der Waals surface area contributed by atoms with Crippen LogP contribution in [0.1, 0.15) is 30.7 Å². The van der Waals surface area contributed by atoms with Gasteiger partial charge in [0.2, 0.25) is 0 Å². The zero-order valence-corrected chi connectivity index (χ0v) is 18.0. The van der Waals surface area contributed by atoms with E-state index in [2.05, 4.69) is 9.88 Å². The van der Waals surface area contributed by atoms with E-state index in [4.69, 9.17) is 9.47 Å². The summed E-state index contributed by atoms with van der Waals surface area (Å²) in [6.07, 6.45) is 3.61. The van der Waals surface area contributed by atoms with Gasteiger partial charge in [-0.3, -0.25) is 9.36 Å². The van der Waals surface area contributed by atoms with E-state index in [1.54, 1.807) is 11.7 Å². The Kier molecular flexibility index (Phi) is 6.04. The number of likely N-dealkylation sites (tertiary alicyclic amines) is 1. The van der Waals surface area contributed by atoms with Crippen LogP contribution in [-0.2, 0) is 0 Å². The second-order valence-corrected chi connectivity index (χ2v) is 7.85. The lowest BCUT2D eigenvalue weighted by Gasteiger charge is -2.17. The van der Waals surface area contributed by atoms with Crippen molar-refractivity contribution >= 4 is 10.9 Å². The number of hydrogen-bond acceptors (Lipinski definition) is 5. The van der Waals surface area contributed by atoms with Gasteiger partial charge in [0.1, 0.15) is 17.3 Å². The molecule has 6 heteroatoms. The molecule has 30 heavy (non-hydrogen) atoms. The van der Waals surface area contributed by atoms with Crippen molar-refractivity contribution in [2.75, 3.05) is 33.4 Å². The van der Waals surface area contributed by atoms with Crippen LogP contribution in [0.3, 0.4) is 0 Å². The van der Waals surface area contributed by atoms with Gasteiger partial charge in [-0.1, -0.05) is 12.1 Å². The molecule has 0 saturated carbocycles. The molecular weight excluding hydrogens is 378 g/mol. The van der Waals surface area contributed by atoms with E-state index in [-0.39, 0.29) is 5.56 Å². The molecule has 4 rings (SSSR count). The molecule has 1 saturated heterocycles. The molecule has 0 unspecified atom stereocenters. The highest BCUT2D eigenvalue weighted by Gasteiger charge is 2.16. The van der Waals surface area contributed by atoms with E-state index in [0.29, 0.717) is 34.8 Å². The highest BCUT2D eigenvalue weighted by molar-refractivity contribution is 5.81. The van der Waals surface area contributed by atoms with Gasteiger partial charge in [-0.05, 0) is 70.0 Å². The number of nitrogens with zero attached hydrogens (tertiary/aromatic N) is 3. The third-order valence-corrected chi connectivity index (χ3v) is 5.75. The molecule has 0 radical (unpaired) electrons. The van der Waals surface area contributed by atoms with Crippen LogP contribution in [-0.4, -0.2) is 47.8 Å². The molecule has 0 N–H and O–H groups in total. The van der Waals surface area contributed by atoms with E-state index < -0.39 is 0 Å². The summed E-state index contributed by atoms with van der Waals surface area (Å²) in [4.78, 5) is 20.4. The second kappa shape index (κ2) is 8.88. The van der Waals surface area contributed by atoms with Crippen molar-refractivity contribution < 1.29 is 9.47 Å². The topological polar surface area (TPSA) is 56.6 Å². The van der Waals surface area contributed by atoms with E-state index in [1.165, 1.54) is 25.9 Å². The summed E-state index contributed by atoms with van der Waals surface area (Å²) in [5.74, 6) is 1.95. The third-order valence-electron chi connectivity index (χ3n) is 5.75. The fourth-order valence-electron chi connectivity index (χ4n) is 4.21. The number of methoxy groups -OCH3 is 1. The van der Waals surface area contributed by atoms with Crippen LogP contribution < -0.4 is 15.0 Å². The number of aromatic nitrogens is 2. The Morgan fingerprint density at radius 1 is 1.10 bits per heavy atom. The number of ether oxygens (including phenoxy) is 2. The van der Waals surface area contributed by atoms with E-state index >= 15 is 0 Å². The van der Waals surface area contributed by atoms with Gasteiger partial charge in [0.15, 0.2) is 0 Å². The molecule has 158 valence electrons. The van der Waals surface area contributed by atoms with Gasteiger partial charge in [0.05, 0.1) is 30.3 Å². The summed E-state index contributed by atoms with van der Waals surface area (Å²) in [7, 11) is 1.61. The molecule has 0 aliphatic carbocycles. The molecule has 1 aromatic heterocycles. The van der Waals surface area contributed by atoms with Crippen molar-refractivity contribution in [1.82, 2.24) is 14.5 Å². The first-order chi connectivity index (χ1) is 14.6. The van der Waals surface area contributed by atoms with Crippen LogP contribution in [0.4, 0.5) is 0 Å². The monoisotopic (exact) mass is 407 g/mol. The number of benzene rings is 2. The first-order valence-electron chi connectivity index (χ1n) is 10.6. The highest BCUT2D eigenvalue weighted by atomic mass is 16.5. The average molecular weight is 408 g/mol. The molecule has 1 fully saturated rings. The zero-order chi connectivity index (χ0) is 21.1. The van der Waals surface area contributed by atoms with Crippen molar-refractivity contribution in [1.29, 1.82) is 0 Å². The summed E-state index contributed by atoms with van der Waals surface area (Å²) in [6.45, 7) is 7.92. The largest absolute Gasteiger partial charge is 0.494 e. The zero-order valence-electron chi connectivity index (χ0n) is 18.0. The fourth-order valence-corrected chi connectivity index (χ4v) is 4.21. The van der Waals surface area contributed by atoms with Crippen LogP contribution in [0.15, 0.2) is 41.2 Å². The Hall–Kier alpha value is -2.86. The maximum Gasteiger partial charge on any atom is 0.266 e. The summed E-state index contributed by atoms with van der Waals surface area (Å²) in [5, 5.41) is 0.632. The van der Waals surface area contributed by atoms with Crippen LogP contribution in [0.25, 0.3) is 16.6 Å². The second-order valence-electron chi connectivity index (χ2n) is 7.85. The van der Waals surface area contributed by atoms with Gasteiger partial charge < -0.3 is 14.4 Å². The van der Waals surface area contributed by atoms with Gasteiger partial charge in [-0.2, -0.15) is 0 Å². The fraction of sp³-hybridized carbons (Fsp3) is 0.417. The van der Waals surface area contributed by atoms with Crippen molar-refractivity contribution in [2.45, 2.75) is 33.1 Å². The van der Waals surface area contributed by atoms with Crippen LogP contribution in [0, 0.1) is 13.8 Å². The molecule has 0 atom stereocenters. The summed E-state index contributed by atoms with van der Waals surface area (Å²) < 4.78 is 13.2. The van der Waals surface area contributed by atoms with Crippen molar-refractivity contribution in [3.05, 3.63) is 58.1 Å². The first kappa shape index (κ1) is 20.4. The molecule has 0 bridgehead atoms. The lowest BCUT2D eigenvalue weighted by atomic mass is 10.1.